The Hall–Kier alpha value is -0.910. The fourth-order valence-corrected chi connectivity index (χ4v) is 1.42. The zero-order valence-corrected chi connectivity index (χ0v) is 6.33. The zero-order valence-electron chi connectivity index (χ0n) is 6.33. The first kappa shape index (κ1) is 7.72. The molecular weight excluding hydrogens is 160 g/mol. The SMILES string of the molecule is O[C@@H]1[C@H](O)c2cncn2C[C@@H]1O. The van der Waals surface area contributed by atoms with Crippen LogP contribution in [-0.4, -0.2) is 37.1 Å². The van der Waals surface area contributed by atoms with Crippen LogP contribution in [0.1, 0.15) is 11.8 Å². The number of aliphatic hydroxyl groups is 3. The molecule has 5 nitrogen and oxygen atoms in total. The van der Waals surface area contributed by atoms with Crippen molar-refractivity contribution < 1.29 is 15.3 Å². The summed E-state index contributed by atoms with van der Waals surface area (Å²) in [5.41, 5.74) is 0.549. The van der Waals surface area contributed by atoms with E-state index in [2.05, 4.69) is 4.98 Å². The van der Waals surface area contributed by atoms with Crippen molar-refractivity contribution in [1.29, 1.82) is 0 Å². The second-order valence-electron chi connectivity index (χ2n) is 2.97. The molecule has 1 aliphatic heterocycles. The summed E-state index contributed by atoms with van der Waals surface area (Å²) in [6.07, 6.45) is -0.0416. The summed E-state index contributed by atoms with van der Waals surface area (Å²) in [5.74, 6) is 0. The molecule has 2 heterocycles. The zero-order chi connectivity index (χ0) is 8.72. The lowest BCUT2D eigenvalue weighted by molar-refractivity contribution is -0.0834. The largest absolute Gasteiger partial charge is 0.388 e. The summed E-state index contributed by atoms with van der Waals surface area (Å²) in [5, 5.41) is 27.9. The van der Waals surface area contributed by atoms with Crippen LogP contribution in [0.5, 0.6) is 0 Å². The van der Waals surface area contributed by atoms with Gasteiger partial charge in [-0.25, -0.2) is 4.98 Å². The van der Waals surface area contributed by atoms with Crippen LogP contribution in [0.4, 0.5) is 0 Å². The van der Waals surface area contributed by atoms with Gasteiger partial charge in [0.2, 0.25) is 0 Å². The van der Waals surface area contributed by atoms with Crippen LogP contribution in [0, 0.1) is 0 Å². The minimum absolute atomic E-state index is 0.285. The molecule has 1 aromatic rings. The van der Waals surface area contributed by atoms with Crippen LogP contribution in [0.2, 0.25) is 0 Å². The molecule has 0 saturated carbocycles. The smallest absolute Gasteiger partial charge is 0.124 e. The fourth-order valence-electron chi connectivity index (χ4n) is 1.42. The van der Waals surface area contributed by atoms with E-state index < -0.39 is 18.3 Å². The van der Waals surface area contributed by atoms with E-state index in [-0.39, 0.29) is 6.54 Å². The first-order valence-electron chi connectivity index (χ1n) is 3.74. The molecule has 0 bridgehead atoms. The van der Waals surface area contributed by atoms with Gasteiger partial charge in [-0.3, -0.25) is 0 Å². The van der Waals surface area contributed by atoms with E-state index in [1.54, 1.807) is 4.57 Å². The number of rotatable bonds is 0. The maximum absolute atomic E-state index is 9.42. The number of hydrogen-bond acceptors (Lipinski definition) is 4. The van der Waals surface area contributed by atoms with Crippen molar-refractivity contribution in [2.24, 2.45) is 0 Å². The molecule has 0 aromatic carbocycles. The van der Waals surface area contributed by atoms with Crippen LogP contribution < -0.4 is 0 Å². The maximum Gasteiger partial charge on any atom is 0.124 e. The van der Waals surface area contributed by atoms with Gasteiger partial charge in [-0.15, -0.1) is 0 Å². The number of fused-ring (bicyclic) bond motifs is 1. The molecule has 0 fully saturated rings. The molecule has 5 heteroatoms. The molecule has 0 amide bonds. The van der Waals surface area contributed by atoms with E-state index in [1.165, 1.54) is 12.5 Å². The number of hydrogen-bond donors (Lipinski definition) is 3. The summed E-state index contributed by atoms with van der Waals surface area (Å²) >= 11 is 0. The fraction of sp³-hybridized carbons (Fsp3) is 0.571. The van der Waals surface area contributed by atoms with Gasteiger partial charge in [0.05, 0.1) is 24.8 Å². The van der Waals surface area contributed by atoms with Gasteiger partial charge in [-0.2, -0.15) is 0 Å². The summed E-state index contributed by atoms with van der Waals surface area (Å²) in [6, 6.07) is 0. The van der Waals surface area contributed by atoms with Crippen molar-refractivity contribution in [2.75, 3.05) is 0 Å². The lowest BCUT2D eigenvalue weighted by Gasteiger charge is -2.29. The van der Waals surface area contributed by atoms with Gasteiger partial charge >= 0.3 is 0 Å². The molecular formula is C7H10N2O3. The highest BCUT2D eigenvalue weighted by atomic mass is 16.4. The molecule has 12 heavy (non-hydrogen) atoms. The van der Waals surface area contributed by atoms with E-state index in [0.717, 1.165) is 0 Å². The second-order valence-corrected chi connectivity index (χ2v) is 2.97. The van der Waals surface area contributed by atoms with E-state index in [0.29, 0.717) is 5.69 Å². The predicted octanol–water partition coefficient (Wildman–Crippen LogP) is -1.35. The van der Waals surface area contributed by atoms with Gasteiger partial charge in [0.15, 0.2) is 0 Å². The molecule has 0 spiro atoms. The normalized spacial score (nSPS) is 34.8. The molecule has 66 valence electrons. The first-order valence-corrected chi connectivity index (χ1v) is 3.74. The Bertz CT molecular complexity index is 286. The predicted molar refractivity (Wildman–Crippen MR) is 39.2 cm³/mol. The highest BCUT2D eigenvalue weighted by Crippen LogP contribution is 2.24. The van der Waals surface area contributed by atoms with Gasteiger partial charge in [0.1, 0.15) is 18.3 Å². The summed E-state index contributed by atoms with van der Waals surface area (Å²) in [4.78, 5) is 3.80. The van der Waals surface area contributed by atoms with Crippen LogP contribution in [0.25, 0.3) is 0 Å². The van der Waals surface area contributed by atoms with Crippen LogP contribution in [0.3, 0.4) is 0 Å². The molecule has 1 aromatic heterocycles. The standard InChI is InChI=1S/C7H10N2O3/c10-5-2-9-3-8-1-4(9)6(11)7(5)12/h1,3,5-7,10-12H,2H2/t5-,6+,7-/m0/s1. The Morgan fingerprint density at radius 3 is 2.92 bits per heavy atom. The van der Waals surface area contributed by atoms with Crippen molar-refractivity contribution in [3.8, 4) is 0 Å². The highest BCUT2D eigenvalue weighted by molar-refractivity contribution is 5.09. The van der Waals surface area contributed by atoms with E-state index in [9.17, 15) is 15.3 Å². The lowest BCUT2D eigenvalue weighted by Crippen LogP contribution is -2.40. The number of nitrogens with zero attached hydrogens (tertiary/aromatic N) is 2. The second kappa shape index (κ2) is 2.55. The monoisotopic (exact) mass is 170 g/mol. The van der Waals surface area contributed by atoms with Gasteiger partial charge in [-0.05, 0) is 0 Å². The van der Waals surface area contributed by atoms with Crippen LogP contribution in [-0.2, 0) is 6.54 Å². The van der Waals surface area contributed by atoms with Crippen LogP contribution >= 0.6 is 0 Å². The minimum Gasteiger partial charge on any atom is -0.388 e. The molecule has 0 radical (unpaired) electrons. The van der Waals surface area contributed by atoms with Gasteiger partial charge in [0, 0.05) is 0 Å². The highest BCUT2D eigenvalue weighted by Gasteiger charge is 2.33. The molecule has 0 saturated heterocycles. The van der Waals surface area contributed by atoms with Gasteiger partial charge < -0.3 is 19.9 Å². The topological polar surface area (TPSA) is 78.5 Å². The quantitative estimate of drug-likeness (QED) is 0.450. The van der Waals surface area contributed by atoms with Crippen molar-refractivity contribution in [3.63, 3.8) is 0 Å². The molecule has 2 rings (SSSR count). The summed E-state index contributed by atoms with van der Waals surface area (Å²) < 4.78 is 1.63. The van der Waals surface area contributed by atoms with Crippen LogP contribution in [0.15, 0.2) is 12.5 Å². The minimum atomic E-state index is -1.10. The molecule has 3 atom stereocenters. The lowest BCUT2D eigenvalue weighted by atomic mass is 10.0. The third-order valence-corrected chi connectivity index (χ3v) is 2.15. The van der Waals surface area contributed by atoms with E-state index in [1.807, 2.05) is 0 Å². The van der Waals surface area contributed by atoms with Crippen molar-refractivity contribution in [2.45, 2.75) is 24.9 Å². The molecule has 3 N–H and O–H groups in total. The summed E-state index contributed by atoms with van der Waals surface area (Å²) in [7, 11) is 0. The molecule has 0 aliphatic carbocycles. The third kappa shape index (κ3) is 0.945. The first-order chi connectivity index (χ1) is 5.70. The Balaban J connectivity index is 2.39. The number of imidazole rings is 1. The molecule has 1 aliphatic rings. The average Bonchev–Trinajstić information content (AvgIpc) is 2.48. The number of aromatic nitrogens is 2. The van der Waals surface area contributed by atoms with Gasteiger partial charge in [-0.1, -0.05) is 0 Å². The third-order valence-electron chi connectivity index (χ3n) is 2.15. The van der Waals surface area contributed by atoms with Crippen molar-refractivity contribution in [3.05, 3.63) is 18.2 Å². The Labute approximate surface area is 68.9 Å². The molecule has 0 unspecified atom stereocenters. The van der Waals surface area contributed by atoms with E-state index in [4.69, 9.17) is 0 Å². The Morgan fingerprint density at radius 1 is 1.42 bits per heavy atom. The Morgan fingerprint density at radius 2 is 2.17 bits per heavy atom. The average molecular weight is 170 g/mol. The van der Waals surface area contributed by atoms with E-state index >= 15 is 0 Å². The van der Waals surface area contributed by atoms with Crippen molar-refractivity contribution >= 4 is 0 Å². The number of aliphatic hydroxyl groups excluding tert-OH is 3. The summed E-state index contributed by atoms with van der Waals surface area (Å²) in [6.45, 7) is 0.285. The maximum atomic E-state index is 9.42. The van der Waals surface area contributed by atoms with Gasteiger partial charge in [0.25, 0.3) is 0 Å². The van der Waals surface area contributed by atoms with Crippen molar-refractivity contribution in [1.82, 2.24) is 9.55 Å². The Kier molecular flexibility index (Phi) is 1.64.